The normalized spacial score (nSPS) is 11.2. The predicted octanol–water partition coefficient (Wildman–Crippen LogP) is 10.5. The van der Waals surface area contributed by atoms with E-state index in [0.717, 1.165) is 27.6 Å². The van der Waals surface area contributed by atoms with Crippen LogP contribution >= 0.6 is 0 Å². The van der Waals surface area contributed by atoms with Gasteiger partial charge in [0.25, 0.3) is 0 Å². The number of hydrogen-bond donors (Lipinski definition) is 0. The van der Waals surface area contributed by atoms with Gasteiger partial charge in [0.2, 0.25) is 0 Å². The maximum Gasteiger partial charge on any atom is 0.164 e. The van der Waals surface area contributed by atoms with E-state index in [9.17, 15) is 0 Å². The summed E-state index contributed by atoms with van der Waals surface area (Å²) in [5.41, 5.74) is 7.62. The first-order chi connectivity index (χ1) is 21.8. The van der Waals surface area contributed by atoms with E-state index < -0.39 is 0 Å². The molecule has 7 aromatic carbocycles. The average molecular weight is 562 g/mol. The molecule has 0 aliphatic heterocycles. The van der Waals surface area contributed by atoms with Crippen LogP contribution in [0, 0.1) is 0 Å². The summed E-state index contributed by atoms with van der Waals surface area (Å²) in [4.78, 5) is 15.1. The maximum atomic E-state index is 5.08. The lowest BCUT2D eigenvalue weighted by atomic mass is 9.95. The van der Waals surface area contributed by atoms with Crippen LogP contribution in [0.15, 0.2) is 164 Å². The van der Waals surface area contributed by atoms with Gasteiger partial charge in [-0.25, -0.2) is 15.0 Å². The van der Waals surface area contributed by atoms with Crippen LogP contribution < -0.4 is 0 Å². The number of nitrogens with zero attached hydrogens (tertiary/aromatic N) is 3. The maximum absolute atomic E-state index is 5.08. The highest BCUT2D eigenvalue weighted by Gasteiger charge is 2.16. The molecule has 1 heterocycles. The van der Waals surface area contributed by atoms with Crippen molar-refractivity contribution in [3.63, 3.8) is 0 Å². The highest BCUT2D eigenvalue weighted by molar-refractivity contribution is 6.03. The monoisotopic (exact) mass is 561 g/mol. The summed E-state index contributed by atoms with van der Waals surface area (Å²) >= 11 is 0. The van der Waals surface area contributed by atoms with Crippen molar-refractivity contribution in [2.75, 3.05) is 0 Å². The summed E-state index contributed by atoms with van der Waals surface area (Å²) in [7, 11) is 0. The molecule has 0 saturated heterocycles. The van der Waals surface area contributed by atoms with Gasteiger partial charge in [0.15, 0.2) is 17.5 Å². The van der Waals surface area contributed by atoms with Crippen molar-refractivity contribution in [1.82, 2.24) is 15.0 Å². The topological polar surface area (TPSA) is 38.7 Å². The minimum absolute atomic E-state index is 0.648. The molecule has 44 heavy (non-hydrogen) atoms. The number of aromatic nitrogens is 3. The third kappa shape index (κ3) is 4.71. The lowest BCUT2D eigenvalue weighted by Gasteiger charge is -2.13. The molecule has 8 aromatic rings. The third-order valence-corrected chi connectivity index (χ3v) is 8.16. The highest BCUT2D eigenvalue weighted by Crippen LogP contribution is 2.35. The van der Waals surface area contributed by atoms with Crippen LogP contribution in [0.5, 0.6) is 0 Å². The molecule has 0 unspecified atom stereocenters. The molecule has 0 radical (unpaired) electrons. The van der Waals surface area contributed by atoms with E-state index in [1.54, 1.807) is 0 Å². The molecule has 8 rings (SSSR count). The van der Waals surface area contributed by atoms with Crippen LogP contribution in [0.25, 0.3) is 78.0 Å². The van der Waals surface area contributed by atoms with E-state index in [1.807, 2.05) is 36.4 Å². The molecule has 3 heteroatoms. The summed E-state index contributed by atoms with van der Waals surface area (Å²) in [6.07, 6.45) is 0. The molecule has 0 amide bonds. The summed E-state index contributed by atoms with van der Waals surface area (Å²) in [5, 5.41) is 4.74. The van der Waals surface area contributed by atoms with E-state index in [1.165, 1.54) is 32.8 Å². The van der Waals surface area contributed by atoms with Gasteiger partial charge in [0.05, 0.1) is 0 Å². The van der Waals surface area contributed by atoms with Gasteiger partial charge < -0.3 is 0 Å². The zero-order valence-corrected chi connectivity index (χ0v) is 23.9. The van der Waals surface area contributed by atoms with Crippen molar-refractivity contribution in [2.45, 2.75) is 0 Å². The number of benzene rings is 7. The van der Waals surface area contributed by atoms with Gasteiger partial charge in [-0.1, -0.05) is 164 Å². The van der Waals surface area contributed by atoms with Gasteiger partial charge in [-0.15, -0.1) is 0 Å². The first-order valence-corrected chi connectivity index (χ1v) is 14.8. The molecule has 3 nitrogen and oxygen atoms in total. The van der Waals surface area contributed by atoms with E-state index in [0.29, 0.717) is 17.5 Å². The zero-order valence-electron chi connectivity index (χ0n) is 23.9. The second-order valence-electron chi connectivity index (χ2n) is 10.8. The van der Waals surface area contributed by atoms with Crippen LogP contribution in [0.1, 0.15) is 0 Å². The molecule has 1 aromatic heterocycles. The third-order valence-electron chi connectivity index (χ3n) is 8.16. The quantitative estimate of drug-likeness (QED) is 0.210. The van der Waals surface area contributed by atoms with Gasteiger partial charge in [-0.2, -0.15) is 0 Å². The van der Waals surface area contributed by atoms with Gasteiger partial charge in [0, 0.05) is 16.7 Å². The number of rotatable bonds is 5. The summed E-state index contributed by atoms with van der Waals surface area (Å²) in [6, 6.07) is 56.9. The molecular formula is C41H27N3. The molecule has 0 spiro atoms. The Balaban J connectivity index is 1.28. The lowest BCUT2D eigenvalue weighted by molar-refractivity contribution is 1.08. The van der Waals surface area contributed by atoms with Gasteiger partial charge in [-0.05, 0) is 43.8 Å². The fourth-order valence-corrected chi connectivity index (χ4v) is 5.99. The molecular weight excluding hydrogens is 534 g/mol. The fraction of sp³-hybridized carbons (Fsp3) is 0. The largest absolute Gasteiger partial charge is 0.208 e. The van der Waals surface area contributed by atoms with E-state index in [4.69, 9.17) is 15.0 Å². The smallest absolute Gasteiger partial charge is 0.164 e. The molecule has 0 aliphatic rings. The van der Waals surface area contributed by atoms with Crippen molar-refractivity contribution in [1.29, 1.82) is 0 Å². The number of hydrogen-bond acceptors (Lipinski definition) is 3. The standard InChI is InChI=1S/C41H27N3/c1-3-12-28(13-4-1)35-20-10-22-37-36(35)21-11-23-38(37)41-43-39(31-15-5-2-6-16-31)42-40(44-41)32-26-24-30(25-27-32)34-19-9-17-29-14-7-8-18-33(29)34/h1-27H. The summed E-state index contributed by atoms with van der Waals surface area (Å²) in [6.45, 7) is 0. The van der Waals surface area contributed by atoms with Crippen LogP contribution in [0.2, 0.25) is 0 Å². The Morgan fingerprint density at radius 1 is 0.250 bits per heavy atom. The Labute approximate surface area is 256 Å². The van der Waals surface area contributed by atoms with E-state index in [-0.39, 0.29) is 0 Å². The molecule has 0 aliphatic carbocycles. The zero-order chi connectivity index (χ0) is 29.3. The predicted molar refractivity (Wildman–Crippen MR) is 182 cm³/mol. The van der Waals surface area contributed by atoms with Gasteiger partial charge in [-0.3, -0.25) is 0 Å². The summed E-state index contributed by atoms with van der Waals surface area (Å²) < 4.78 is 0. The molecule has 0 bridgehead atoms. The van der Waals surface area contributed by atoms with Crippen molar-refractivity contribution >= 4 is 21.5 Å². The first-order valence-electron chi connectivity index (χ1n) is 14.8. The van der Waals surface area contributed by atoms with Crippen molar-refractivity contribution in [3.05, 3.63) is 164 Å². The average Bonchev–Trinajstić information content (AvgIpc) is 3.11. The highest BCUT2D eigenvalue weighted by atomic mass is 15.0. The SMILES string of the molecule is c1ccc(-c2nc(-c3ccc(-c4cccc5ccccc45)cc3)nc(-c3cccc4c(-c5ccccc5)cccc34)n2)cc1. The second-order valence-corrected chi connectivity index (χ2v) is 10.8. The lowest BCUT2D eigenvalue weighted by Crippen LogP contribution is -2.00. The summed E-state index contributed by atoms with van der Waals surface area (Å²) in [5.74, 6) is 1.96. The fourth-order valence-electron chi connectivity index (χ4n) is 5.99. The minimum atomic E-state index is 0.648. The van der Waals surface area contributed by atoms with Crippen LogP contribution in [0.4, 0.5) is 0 Å². The Hall–Kier alpha value is -5.93. The van der Waals surface area contributed by atoms with Crippen molar-refractivity contribution in [2.24, 2.45) is 0 Å². The Morgan fingerprint density at radius 3 is 1.36 bits per heavy atom. The van der Waals surface area contributed by atoms with E-state index >= 15 is 0 Å². The van der Waals surface area contributed by atoms with Crippen LogP contribution in [-0.4, -0.2) is 15.0 Å². The molecule has 206 valence electrons. The van der Waals surface area contributed by atoms with Gasteiger partial charge in [0.1, 0.15) is 0 Å². The number of fused-ring (bicyclic) bond motifs is 2. The molecule has 0 atom stereocenters. The van der Waals surface area contributed by atoms with Crippen molar-refractivity contribution in [3.8, 4) is 56.4 Å². The first kappa shape index (κ1) is 25.8. The molecule has 0 fully saturated rings. The van der Waals surface area contributed by atoms with Crippen molar-refractivity contribution < 1.29 is 0 Å². The Bertz CT molecular complexity index is 2250. The second kappa shape index (κ2) is 11.0. The minimum Gasteiger partial charge on any atom is -0.208 e. The van der Waals surface area contributed by atoms with Crippen LogP contribution in [-0.2, 0) is 0 Å². The molecule has 0 N–H and O–H groups in total. The van der Waals surface area contributed by atoms with Crippen LogP contribution in [0.3, 0.4) is 0 Å². The Kier molecular flexibility index (Phi) is 6.47. The molecule has 0 saturated carbocycles. The van der Waals surface area contributed by atoms with Gasteiger partial charge >= 0.3 is 0 Å². The Morgan fingerprint density at radius 2 is 0.659 bits per heavy atom. The van der Waals surface area contributed by atoms with E-state index in [2.05, 4.69) is 127 Å².